The van der Waals surface area contributed by atoms with Crippen LogP contribution in [0, 0.1) is 5.41 Å². The van der Waals surface area contributed by atoms with Crippen LogP contribution in [-0.4, -0.2) is 70.8 Å². The van der Waals surface area contributed by atoms with Gasteiger partial charge in [0, 0.05) is 40.4 Å². The zero-order chi connectivity index (χ0) is 22.5. The molecule has 1 aliphatic rings. The Kier molecular flexibility index (Phi) is 13.6. The molecular formula is C24H41IN4O3. The Hall–Kier alpha value is -1.55. The van der Waals surface area contributed by atoms with Gasteiger partial charge < -0.3 is 25.0 Å². The van der Waals surface area contributed by atoms with Gasteiger partial charge in [0.2, 0.25) is 5.91 Å². The lowest BCUT2D eigenvalue weighted by molar-refractivity contribution is -0.127. The van der Waals surface area contributed by atoms with Crippen molar-refractivity contribution in [2.45, 2.75) is 45.4 Å². The molecule has 8 heteroatoms. The molecule has 1 fully saturated rings. The molecule has 1 aromatic rings. The molecule has 182 valence electrons. The largest absolute Gasteiger partial charge is 0.497 e. The van der Waals surface area contributed by atoms with Crippen molar-refractivity contribution in [2.24, 2.45) is 10.4 Å². The monoisotopic (exact) mass is 560 g/mol. The lowest BCUT2D eigenvalue weighted by Crippen LogP contribution is -2.44. The van der Waals surface area contributed by atoms with Crippen molar-refractivity contribution in [3.05, 3.63) is 29.8 Å². The van der Waals surface area contributed by atoms with E-state index in [4.69, 9.17) is 9.47 Å². The molecule has 0 saturated heterocycles. The maximum absolute atomic E-state index is 12.0. The fourth-order valence-corrected chi connectivity index (χ4v) is 3.92. The predicted octanol–water partition coefficient (Wildman–Crippen LogP) is 3.47. The molecule has 0 aromatic heterocycles. The average Bonchev–Trinajstić information content (AvgIpc) is 3.24. The van der Waals surface area contributed by atoms with E-state index in [9.17, 15) is 4.79 Å². The molecule has 0 spiro atoms. The minimum atomic E-state index is -0.0109. The van der Waals surface area contributed by atoms with Crippen LogP contribution in [0.3, 0.4) is 0 Å². The number of nitrogens with zero attached hydrogens (tertiary/aromatic N) is 2. The van der Waals surface area contributed by atoms with Crippen LogP contribution in [0.5, 0.6) is 5.75 Å². The molecule has 1 saturated carbocycles. The van der Waals surface area contributed by atoms with Crippen molar-refractivity contribution in [3.63, 3.8) is 0 Å². The molecule has 2 N–H and O–H groups in total. The number of likely N-dealkylation sites (N-methyl/N-ethyl adjacent to an activating group) is 1. The van der Waals surface area contributed by atoms with E-state index in [1.165, 1.54) is 31.2 Å². The number of benzene rings is 1. The van der Waals surface area contributed by atoms with Crippen LogP contribution in [0.1, 0.15) is 44.6 Å². The number of aliphatic imine (C=N–C) groups is 1. The van der Waals surface area contributed by atoms with Gasteiger partial charge >= 0.3 is 0 Å². The highest BCUT2D eigenvalue weighted by Gasteiger charge is 2.33. The minimum Gasteiger partial charge on any atom is -0.497 e. The first-order valence-corrected chi connectivity index (χ1v) is 11.4. The Labute approximate surface area is 210 Å². The molecule has 1 aromatic carbocycles. The molecule has 2 rings (SSSR count). The molecule has 1 aliphatic carbocycles. The van der Waals surface area contributed by atoms with Crippen LogP contribution in [0.15, 0.2) is 29.3 Å². The zero-order valence-electron chi connectivity index (χ0n) is 20.1. The molecule has 32 heavy (non-hydrogen) atoms. The minimum absolute atomic E-state index is 0. The van der Waals surface area contributed by atoms with Crippen LogP contribution in [0.25, 0.3) is 0 Å². The van der Waals surface area contributed by atoms with Gasteiger partial charge in [0.05, 0.1) is 7.11 Å². The van der Waals surface area contributed by atoms with E-state index in [-0.39, 0.29) is 41.8 Å². The fourth-order valence-electron chi connectivity index (χ4n) is 3.92. The summed E-state index contributed by atoms with van der Waals surface area (Å²) < 4.78 is 10.9. The molecule has 7 nitrogen and oxygen atoms in total. The van der Waals surface area contributed by atoms with Crippen molar-refractivity contribution < 1.29 is 14.3 Å². The first-order valence-electron chi connectivity index (χ1n) is 11.4. The molecule has 0 atom stereocenters. The van der Waals surface area contributed by atoms with Crippen LogP contribution >= 0.6 is 24.0 Å². The van der Waals surface area contributed by atoms with Crippen LogP contribution in [0.4, 0.5) is 0 Å². The maximum Gasteiger partial charge on any atom is 0.243 e. The van der Waals surface area contributed by atoms with Gasteiger partial charge in [0.1, 0.15) is 12.3 Å². The topological polar surface area (TPSA) is 75.2 Å². The summed E-state index contributed by atoms with van der Waals surface area (Å²) in [6.45, 7) is 5.32. The summed E-state index contributed by atoms with van der Waals surface area (Å²) in [7, 11) is 5.18. The van der Waals surface area contributed by atoms with Gasteiger partial charge in [-0.05, 0) is 55.7 Å². The number of nitrogens with one attached hydrogen (secondary N) is 2. The van der Waals surface area contributed by atoms with Gasteiger partial charge in [0.15, 0.2) is 5.96 Å². The van der Waals surface area contributed by atoms with E-state index in [0.717, 1.165) is 44.9 Å². The summed E-state index contributed by atoms with van der Waals surface area (Å²) in [6.07, 6.45) is 6.88. The standard InChI is InChI=1S/C24H40N4O3.HI/c1-5-31-17-15-24(13-6-7-14-24)19-27-23(26-18-22(29)28(2)3)25-16-12-20-8-10-21(30-4)11-9-20;/h8-11H,5-7,12-19H2,1-4H3,(H2,25,26,27);1H. The van der Waals surface area contributed by atoms with Gasteiger partial charge in [-0.25, -0.2) is 4.99 Å². The number of carbonyl (C=O) groups excluding carboxylic acids is 1. The van der Waals surface area contributed by atoms with E-state index in [1.807, 2.05) is 19.1 Å². The Bertz CT molecular complexity index is 689. The smallest absolute Gasteiger partial charge is 0.243 e. The van der Waals surface area contributed by atoms with E-state index < -0.39 is 0 Å². The van der Waals surface area contributed by atoms with Crippen molar-refractivity contribution in [2.75, 3.05) is 54.1 Å². The molecular weight excluding hydrogens is 519 g/mol. The summed E-state index contributed by atoms with van der Waals surface area (Å²) in [5.74, 6) is 1.55. The van der Waals surface area contributed by atoms with Crippen molar-refractivity contribution in [1.29, 1.82) is 0 Å². The second-order valence-electron chi connectivity index (χ2n) is 8.49. The number of rotatable bonds is 12. The summed E-state index contributed by atoms with van der Waals surface area (Å²) in [6, 6.07) is 8.09. The lowest BCUT2D eigenvalue weighted by atomic mass is 9.83. The third-order valence-electron chi connectivity index (χ3n) is 6.01. The number of methoxy groups -OCH3 is 1. The molecule has 0 heterocycles. The third-order valence-corrected chi connectivity index (χ3v) is 6.01. The second-order valence-corrected chi connectivity index (χ2v) is 8.49. The molecule has 1 amide bonds. The van der Waals surface area contributed by atoms with E-state index in [1.54, 1.807) is 26.1 Å². The summed E-state index contributed by atoms with van der Waals surface area (Å²) in [5.41, 5.74) is 1.47. The van der Waals surface area contributed by atoms with Gasteiger partial charge in [-0.15, -0.1) is 24.0 Å². The number of carbonyl (C=O) groups is 1. The summed E-state index contributed by atoms with van der Waals surface area (Å²) in [4.78, 5) is 18.1. The summed E-state index contributed by atoms with van der Waals surface area (Å²) >= 11 is 0. The Morgan fingerprint density at radius 2 is 1.84 bits per heavy atom. The maximum atomic E-state index is 12.0. The number of hydrogen-bond acceptors (Lipinski definition) is 4. The van der Waals surface area contributed by atoms with Crippen LogP contribution in [-0.2, 0) is 16.0 Å². The Morgan fingerprint density at radius 1 is 1.16 bits per heavy atom. The first-order chi connectivity index (χ1) is 15.0. The van der Waals surface area contributed by atoms with Crippen molar-refractivity contribution in [3.8, 4) is 5.75 Å². The number of halogens is 1. The highest BCUT2D eigenvalue weighted by molar-refractivity contribution is 14.0. The number of amides is 1. The van der Waals surface area contributed by atoms with Crippen molar-refractivity contribution >= 4 is 35.8 Å². The highest BCUT2D eigenvalue weighted by Crippen LogP contribution is 2.40. The number of guanidine groups is 1. The van der Waals surface area contributed by atoms with Gasteiger partial charge in [0.25, 0.3) is 0 Å². The molecule has 0 aliphatic heterocycles. The van der Waals surface area contributed by atoms with E-state index in [0.29, 0.717) is 5.96 Å². The molecule has 0 unspecified atom stereocenters. The molecule has 0 radical (unpaired) electrons. The Morgan fingerprint density at radius 3 is 2.44 bits per heavy atom. The highest BCUT2D eigenvalue weighted by atomic mass is 127. The van der Waals surface area contributed by atoms with Gasteiger partial charge in [-0.2, -0.15) is 0 Å². The number of ether oxygens (including phenoxy) is 2. The lowest BCUT2D eigenvalue weighted by Gasteiger charge is -2.30. The van der Waals surface area contributed by atoms with E-state index in [2.05, 4.69) is 27.8 Å². The fraction of sp³-hybridized carbons (Fsp3) is 0.667. The predicted molar refractivity (Wildman–Crippen MR) is 141 cm³/mol. The van der Waals surface area contributed by atoms with E-state index >= 15 is 0 Å². The summed E-state index contributed by atoms with van der Waals surface area (Å²) in [5, 5.41) is 6.93. The molecule has 0 bridgehead atoms. The van der Waals surface area contributed by atoms with Gasteiger partial charge in [-0.3, -0.25) is 4.79 Å². The first kappa shape index (κ1) is 28.5. The SMILES string of the molecule is CCOCCC1(CNC(=NCC(=O)N(C)C)NCCc2ccc(OC)cc2)CCCC1.I. The van der Waals surface area contributed by atoms with Gasteiger partial charge in [-0.1, -0.05) is 25.0 Å². The quantitative estimate of drug-likeness (QED) is 0.177. The Balaban J connectivity index is 0.00000512. The second kappa shape index (κ2) is 15.3. The van der Waals surface area contributed by atoms with Crippen LogP contribution < -0.4 is 15.4 Å². The number of hydrogen-bond donors (Lipinski definition) is 2. The van der Waals surface area contributed by atoms with Crippen molar-refractivity contribution in [1.82, 2.24) is 15.5 Å². The average molecular weight is 561 g/mol. The third kappa shape index (κ3) is 9.94. The normalized spacial score (nSPS) is 15.1. The van der Waals surface area contributed by atoms with Crippen LogP contribution in [0.2, 0.25) is 0 Å². The zero-order valence-corrected chi connectivity index (χ0v) is 22.4.